The molecule has 6 heteroatoms. The number of amides is 1. The van der Waals surface area contributed by atoms with Gasteiger partial charge in [-0.2, -0.15) is 5.10 Å². The Kier molecular flexibility index (Phi) is 3.35. The summed E-state index contributed by atoms with van der Waals surface area (Å²) in [6.45, 7) is 0.228. The van der Waals surface area contributed by atoms with E-state index in [2.05, 4.69) is 20.5 Å². The molecule has 0 radical (unpaired) electrons. The highest BCUT2D eigenvalue weighted by Gasteiger charge is 2.11. The van der Waals surface area contributed by atoms with Crippen LogP contribution in [0.1, 0.15) is 16.2 Å². The standard InChI is InChI=1S/C18H14N4O2/c23-17-13-7-3-2-6-12(13)16(21-22-17)10-19-18(24)15-9-11-5-1-4-8-14(11)20-15/h1-9,20H,10H2,(H,19,24)(H,22,23). The monoisotopic (exact) mass is 318 g/mol. The second-order valence-electron chi connectivity index (χ2n) is 5.50. The second kappa shape index (κ2) is 5.66. The van der Waals surface area contributed by atoms with Crippen LogP contribution in [0.4, 0.5) is 0 Å². The molecular weight excluding hydrogens is 304 g/mol. The fraction of sp³-hybridized carbons (Fsp3) is 0.0556. The van der Waals surface area contributed by atoms with Crippen molar-refractivity contribution in [2.24, 2.45) is 0 Å². The SMILES string of the molecule is O=C(NCc1n[nH]c(=O)c2ccccc12)c1cc2ccccc2[nH]1. The van der Waals surface area contributed by atoms with Crippen molar-refractivity contribution in [2.75, 3.05) is 0 Å². The van der Waals surface area contributed by atoms with Crippen molar-refractivity contribution in [1.82, 2.24) is 20.5 Å². The van der Waals surface area contributed by atoms with Gasteiger partial charge in [-0.1, -0.05) is 36.4 Å². The zero-order valence-corrected chi connectivity index (χ0v) is 12.7. The van der Waals surface area contributed by atoms with Gasteiger partial charge in [-0.05, 0) is 18.2 Å². The van der Waals surface area contributed by atoms with Crippen LogP contribution in [0.25, 0.3) is 21.7 Å². The molecule has 0 aliphatic heterocycles. The summed E-state index contributed by atoms with van der Waals surface area (Å²) in [6, 6.07) is 16.7. The highest BCUT2D eigenvalue weighted by atomic mass is 16.2. The van der Waals surface area contributed by atoms with Gasteiger partial charge in [0.15, 0.2) is 0 Å². The highest BCUT2D eigenvalue weighted by molar-refractivity contribution is 5.98. The van der Waals surface area contributed by atoms with E-state index < -0.39 is 0 Å². The Morgan fingerprint density at radius 3 is 2.62 bits per heavy atom. The maximum Gasteiger partial charge on any atom is 0.272 e. The van der Waals surface area contributed by atoms with Crippen LogP contribution in [-0.2, 0) is 6.54 Å². The minimum absolute atomic E-state index is 0.219. The van der Waals surface area contributed by atoms with Crippen molar-refractivity contribution in [1.29, 1.82) is 0 Å². The number of rotatable bonds is 3. The molecule has 118 valence electrons. The molecule has 2 aromatic heterocycles. The summed E-state index contributed by atoms with van der Waals surface area (Å²) < 4.78 is 0. The number of benzene rings is 2. The highest BCUT2D eigenvalue weighted by Crippen LogP contribution is 2.15. The second-order valence-corrected chi connectivity index (χ2v) is 5.50. The van der Waals surface area contributed by atoms with E-state index in [9.17, 15) is 9.59 Å². The summed E-state index contributed by atoms with van der Waals surface area (Å²) in [5.41, 5.74) is 1.78. The molecule has 0 atom stereocenters. The zero-order valence-electron chi connectivity index (χ0n) is 12.7. The number of hydrogen-bond donors (Lipinski definition) is 3. The predicted octanol–water partition coefficient (Wildman–Crippen LogP) is 2.33. The van der Waals surface area contributed by atoms with Crippen LogP contribution in [0.5, 0.6) is 0 Å². The van der Waals surface area contributed by atoms with E-state index in [0.717, 1.165) is 16.3 Å². The van der Waals surface area contributed by atoms with Crippen LogP contribution < -0.4 is 10.9 Å². The van der Waals surface area contributed by atoms with Crippen LogP contribution in [-0.4, -0.2) is 21.1 Å². The first-order chi connectivity index (χ1) is 11.7. The van der Waals surface area contributed by atoms with E-state index >= 15 is 0 Å². The first-order valence-electron chi connectivity index (χ1n) is 7.54. The van der Waals surface area contributed by atoms with Gasteiger partial charge in [0.2, 0.25) is 0 Å². The number of carbonyl (C=O) groups excluding carboxylic acids is 1. The van der Waals surface area contributed by atoms with E-state index in [4.69, 9.17) is 0 Å². The number of nitrogens with one attached hydrogen (secondary N) is 3. The Hall–Kier alpha value is -3.41. The zero-order chi connectivity index (χ0) is 16.5. The molecule has 0 bridgehead atoms. The molecule has 0 fully saturated rings. The first kappa shape index (κ1) is 14.2. The molecule has 0 aliphatic carbocycles. The summed E-state index contributed by atoms with van der Waals surface area (Å²) in [6.07, 6.45) is 0. The number of aromatic nitrogens is 3. The van der Waals surface area contributed by atoms with Gasteiger partial charge in [0.05, 0.1) is 17.6 Å². The maximum atomic E-state index is 12.3. The first-order valence-corrected chi connectivity index (χ1v) is 7.54. The van der Waals surface area contributed by atoms with Crippen molar-refractivity contribution in [2.45, 2.75) is 6.54 Å². The van der Waals surface area contributed by atoms with Gasteiger partial charge in [0, 0.05) is 16.3 Å². The Morgan fingerprint density at radius 2 is 1.79 bits per heavy atom. The van der Waals surface area contributed by atoms with Gasteiger partial charge in [0.1, 0.15) is 5.69 Å². The topological polar surface area (TPSA) is 90.6 Å². The van der Waals surface area contributed by atoms with Crippen LogP contribution >= 0.6 is 0 Å². The molecule has 1 amide bonds. The molecule has 24 heavy (non-hydrogen) atoms. The quantitative estimate of drug-likeness (QED) is 0.541. The molecule has 0 saturated heterocycles. The number of aromatic amines is 2. The Balaban J connectivity index is 1.60. The predicted molar refractivity (Wildman–Crippen MR) is 91.8 cm³/mol. The lowest BCUT2D eigenvalue weighted by Crippen LogP contribution is -2.25. The van der Waals surface area contributed by atoms with Crippen LogP contribution in [0.15, 0.2) is 59.4 Å². The van der Waals surface area contributed by atoms with E-state index in [1.807, 2.05) is 42.5 Å². The summed E-state index contributed by atoms with van der Waals surface area (Å²) in [7, 11) is 0. The third-order valence-corrected chi connectivity index (χ3v) is 3.97. The molecule has 2 aromatic carbocycles. The fourth-order valence-corrected chi connectivity index (χ4v) is 2.76. The minimum Gasteiger partial charge on any atom is -0.351 e. The number of fused-ring (bicyclic) bond motifs is 2. The van der Waals surface area contributed by atoms with Crippen LogP contribution in [0, 0.1) is 0 Å². The Bertz CT molecular complexity index is 1080. The summed E-state index contributed by atoms with van der Waals surface area (Å²) in [5, 5.41) is 11.6. The molecule has 0 spiro atoms. The Labute approximate surface area is 136 Å². The lowest BCUT2D eigenvalue weighted by Gasteiger charge is -2.06. The van der Waals surface area contributed by atoms with Gasteiger partial charge in [-0.25, -0.2) is 5.10 Å². The third-order valence-electron chi connectivity index (χ3n) is 3.97. The van der Waals surface area contributed by atoms with Gasteiger partial charge in [0.25, 0.3) is 11.5 Å². The van der Waals surface area contributed by atoms with Crippen LogP contribution in [0.3, 0.4) is 0 Å². The third kappa shape index (κ3) is 2.44. The molecule has 6 nitrogen and oxygen atoms in total. The van der Waals surface area contributed by atoms with E-state index in [0.29, 0.717) is 16.8 Å². The maximum absolute atomic E-state index is 12.3. The van der Waals surface area contributed by atoms with Crippen LogP contribution in [0.2, 0.25) is 0 Å². The van der Waals surface area contributed by atoms with Gasteiger partial charge >= 0.3 is 0 Å². The normalized spacial score (nSPS) is 11.0. The van der Waals surface area contributed by atoms with E-state index in [1.54, 1.807) is 12.1 Å². The number of hydrogen-bond acceptors (Lipinski definition) is 3. The lowest BCUT2D eigenvalue weighted by atomic mass is 10.1. The van der Waals surface area contributed by atoms with Gasteiger partial charge in [-0.3, -0.25) is 9.59 Å². The van der Waals surface area contributed by atoms with Gasteiger partial charge < -0.3 is 10.3 Å². The Morgan fingerprint density at radius 1 is 1.04 bits per heavy atom. The fourth-order valence-electron chi connectivity index (χ4n) is 2.76. The number of carbonyl (C=O) groups is 1. The number of H-pyrrole nitrogens is 2. The van der Waals surface area contributed by atoms with Crippen molar-refractivity contribution >= 4 is 27.6 Å². The molecule has 3 N–H and O–H groups in total. The van der Waals surface area contributed by atoms with E-state index in [-0.39, 0.29) is 18.0 Å². The lowest BCUT2D eigenvalue weighted by molar-refractivity contribution is 0.0946. The van der Waals surface area contributed by atoms with Gasteiger partial charge in [-0.15, -0.1) is 0 Å². The number of nitrogens with zero attached hydrogens (tertiary/aromatic N) is 1. The molecule has 2 heterocycles. The molecular formula is C18H14N4O2. The van der Waals surface area contributed by atoms with Crippen molar-refractivity contribution in [3.05, 3.63) is 76.3 Å². The molecule has 4 rings (SSSR count). The average Bonchev–Trinajstić information content (AvgIpc) is 3.05. The largest absolute Gasteiger partial charge is 0.351 e. The summed E-state index contributed by atoms with van der Waals surface area (Å²) >= 11 is 0. The average molecular weight is 318 g/mol. The molecule has 4 aromatic rings. The minimum atomic E-state index is -0.240. The van der Waals surface area contributed by atoms with Crippen molar-refractivity contribution < 1.29 is 4.79 Å². The smallest absolute Gasteiger partial charge is 0.272 e. The summed E-state index contributed by atoms with van der Waals surface area (Å²) in [4.78, 5) is 27.2. The molecule has 0 unspecified atom stereocenters. The number of para-hydroxylation sites is 1. The summed E-state index contributed by atoms with van der Waals surface area (Å²) in [5.74, 6) is -0.219. The molecule has 0 aliphatic rings. The van der Waals surface area contributed by atoms with Crippen molar-refractivity contribution in [3.63, 3.8) is 0 Å². The molecule has 0 saturated carbocycles. The van der Waals surface area contributed by atoms with Crippen molar-refractivity contribution in [3.8, 4) is 0 Å². The van der Waals surface area contributed by atoms with E-state index in [1.165, 1.54) is 0 Å².